The number of aryl methyl sites for hydroxylation is 1. The van der Waals surface area contributed by atoms with Crippen LogP contribution >= 0.6 is 11.8 Å². The van der Waals surface area contributed by atoms with E-state index < -0.39 is 5.25 Å². The molecule has 2 N–H and O–H groups in total. The summed E-state index contributed by atoms with van der Waals surface area (Å²) < 4.78 is 1.60. The summed E-state index contributed by atoms with van der Waals surface area (Å²) in [6.45, 7) is 4.66. The molecule has 6 nitrogen and oxygen atoms in total. The Morgan fingerprint density at radius 2 is 1.93 bits per heavy atom. The molecule has 0 bridgehead atoms. The lowest BCUT2D eigenvalue weighted by Gasteiger charge is -2.15. The monoisotopic (exact) mass is 420 g/mol. The first-order valence-electron chi connectivity index (χ1n) is 10.1. The lowest BCUT2D eigenvalue weighted by atomic mass is 10.0. The number of rotatable bonds is 8. The molecule has 0 fully saturated rings. The molecule has 0 unspecified atom stereocenters. The highest BCUT2D eigenvalue weighted by Gasteiger charge is 2.28. The maximum Gasteiger partial charge on any atom is 0.343 e. The van der Waals surface area contributed by atoms with Gasteiger partial charge < -0.3 is 4.98 Å². The first-order valence-corrected chi connectivity index (χ1v) is 11.0. The van der Waals surface area contributed by atoms with E-state index in [0.29, 0.717) is 17.3 Å². The summed E-state index contributed by atoms with van der Waals surface area (Å²) in [6, 6.07) is 15.7. The second kappa shape index (κ2) is 8.75. The summed E-state index contributed by atoms with van der Waals surface area (Å²) in [4.78, 5) is 29.2. The predicted octanol–water partition coefficient (Wildman–Crippen LogP) is 4.74. The Labute approximate surface area is 178 Å². The fourth-order valence-electron chi connectivity index (χ4n) is 3.68. The van der Waals surface area contributed by atoms with Crippen molar-refractivity contribution in [2.24, 2.45) is 0 Å². The molecule has 0 spiro atoms. The first-order chi connectivity index (χ1) is 14.6. The smallest absolute Gasteiger partial charge is 0.343 e. The zero-order valence-corrected chi connectivity index (χ0v) is 17.8. The minimum Gasteiger partial charge on any atom is -0.360 e. The fraction of sp³-hybridized carbons (Fsp3) is 0.261. The van der Waals surface area contributed by atoms with E-state index >= 15 is 0 Å². The van der Waals surface area contributed by atoms with E-state index in [-0.39, 0.29) is 11.5 Å². The van der Waals surface area contributed by atoms with Crippen LogP contribution in [0.5, 0.6) is 0 Å². The van der Waals surface area contributed by atoms with Gasteiger partial charge in [-0.15, -0.1) is 5.10 Å². The van der Waals surface area contributed by atoms with Gasteiger partial charge >= 0.3 is 5.69 Å². The third-order valence-corrected chi connectivity index (χ3v) is 6.43. The van der Waals surface area contributed by atoms with E-state index in [1.165, 1.54) is 17.3 Å². The number of aromatic amines is 2. The van der Waals surface area contributed by atoms with Crippen LogP contribution in [0.4, 0.5) is 0 Å². The summed E-state index contributed by atoms with van der Waals surface area (Å²) in [5, 5.41) is 7.64. The number of hydrogen-bond donors (Lipinski definition) is 2. The number of ketones is 1. The van der Waals surface area contributed by atoms with Gasteiger partial charge in [-0.3, -0.25) is 9.36 Å². The standard InChI is InChI=1S/C23H24N4O2S/c1-3-13-27-22(29)25-26-23(27)30-21(16-9-6-5-7-10-16)20(28)18-14-24-19-15(4-2)11-8-12-17(18)19/h5-12,14,21,24H,3-4,13H2,1-2H3,(H,25,29)/t21-/m0/s1. The molecule has 7 heteroatoms. The normalized spacial score (nSPS) is 12.3. The summed E-state index contributed by atoms with van der Waals surface area (Å²) in [5.74, 6) is -0.01000. The first kappa shape index (κ1) is 20.2. The Balaban J connectivity index is 1.78. The summed E-state index contributed by atoms with van der Waals surface area (Å²) in [6.07, 6.45) is 3.49. The van der Waals surface area contributed by atoms with E-state index in [1.54, 1.807) is 10.8 Å². The number of para-hydroxylation sites is 1. The van der Waals surface area contributed by atoms with Gasteiger partial charge in [0, 0.05) is 29.2 Å². The highest BCUT2D eigenvalue weighted by atomic mass is 32.2. The fourth-order valence-corrected chi connectivity index (χ4v) is 4.81. The van der Waals surface area contributed by atoms with Crippen LogP contribution in [0.2, 0.25) is 0 Å². The van der Waals surface area contributed by atoms with Gasteiger partial charge in [0.05, 0.1) is 0 Å². The minimum atomic E-state index is -0.513. The Morgan fingerprint density at radius 1 is 1.13 bits per heavy atom. The van der Waals surface area contributed by atoms with Crippen LogP contribution in [-0.4, -0.2) is 25.5 Å². The number of nitrogens with zero attached hydrogens (tertiary/aromatic N) is 2. The number of fused-ring (bicyclic) bond motifs is 1. The molecule has 0 aliphatic carbocycles. The average molecular weight is 421 g/mol. The molecule has 0 saturated heterocycles. The summed E-state index contributed by atoms with van der Waals surface area (Å²) in [5.41, 5.74) is 3.47. The van der Waals surface area contributed by atoms with Crippen LogP contribution in [0, 0.1) is 0 Å². The third-order valence-electron chi connectivity index (χ3n) is 5.18. The number of nitrogens with one attached hydrogen (secondary N) is 2. The quantitative estimate of drug-likeness (QED) is 0.318. The van der Waals surface area contributed by atoms with Gasteiger partial charge in [-0.1, -0.05) is 74.1 Å². The Hall–Kier alpha value is -3.06. The topological polar surface area (TPSA) is 83.5 Å². The van der Waals surface area contributed by atoms with Gasteiger partial charge in [0.1, 0.15) is 5.25 Å². The van der Waals surface area contributed by atoms with Crippen molar-refractivity contribution in [1.29, 1.82) is 0 Å². The zero-order valence-electron chi connectivity index (χ0n) is 17.0. The van der Waals surface area contributed by atoms with E-state index in [1.807, 2.05) is 49.4 Å². The second-order valence-corrected chi connectivity index (χ2v) is 8.20. The van der Waals surface area contributed by atoms with E-state index in [0.717, 1.165) is 29.3 Å². The largest absolute Gasteiger partial charge is 0.360 e. The number of Topliss-reactive ketones (excluding diaryl/α,β-unsaturated/α-hetero) is 1. The molecular formula is C23H24N4O2S. The van der Waals surface area contributed by atoms with Crippen molar-refractivity contribution in [1.82, 2.24) is 19.7 Å². The number of H-pyrrole nitrogens is 2. The molecule has 2 aromatic heterocycles. The van der Waals surface area contributed by atoms with Gasteiger partial charge in [-0.25, -0.2) is 9.89 Å². The maximum absolute atomic E-state index is 13.7. The predicted molar refractivity (Wildman–Crippen MR) is 120 cm³/mol. The van der Waals surface area contributed by atoms with Crippen molar-refractivity contribution in [3.8, 4) is 0 Å². The van der Waals surface area contributed by atoms with Crippen molar-refractivity contribution in [3.05, 3.63) is 81.9 Å². The molecule has 4 rings (SSSR count). The Bertz CT molecular complexity index is 1220. The van der Waals surface area contributed by atoms with Crippen molar-refractivity contribution in [2.75, 3.05) is 0 Å². The van der Waals surface area contributed by atoms with Gasteiger partial charge in [0.15, 0.2) is 10.9 Å². The number of carbonyl (C=O) groups excluding carboxylic acids is 1. The van der Waals surface area contributed by atoms with Gasteiger partial charge in [0.25, 0.3) is 0 Å². The third kappa shape index (κ3) is 3.73. The Morgan fingerprint density at radius 3 is 2.67 bits per heavy atom. The SMILES string of the molecule is CCCn1c(S[C@H](C(=O)c2c[nH]c3c(CC)cccc23)c2ccccc2)n[nH]c1=O. The molecule has 30 heavy (non-hydrogen) atoms. The van der Waals surface area contributed by atoms with Crippen molar-refractivity contribution in [3.63, 3.8) is 0 Å². The molecule has 0 aliphatic heterocycles. The van der Waals surface area contributed by atoms with Crippen molar-refractivity contribution >= 4 is 28.4 Å². The highest BCUT2D eigenvalue weighted by molar-refractivity contribution is 8.00. The lowest BCUT2D eigenvalue weighted by molar-refractivity contribution is 0.0991. The molecule has 1 atom stereocenters. The molecule has 2 heterocycles. The summed E-state index contributed by atoms with van der Waals surface area (Å²) in [7, 11) is 0. The van der Waals surface area contributed by atoms with E-state index in [9.17, 15) is 9.59 Å². The number of carbonyl (C=O) groups is 1. The van der Waals surface area contributed by atoms with Crippen molar-refractivity contribution < 1.29 is 4.79 Å². The number of benzene rings is 2. The number of thioether (sulfide) groups is 1. The van der Waals surface area contributed by atoms with Crippen LogP contribution in [-0.2, 0) is 13.0 Å². The number of aromatic nitrogens is 4. The maximum atomic E-state index is 13.7. The average Bonchev–Trinajstić information content (AvgIpc) is 3.36. The van der Waals surface area contributed by atoms with Gasteiger partial charge in [0.2, 0.25) is 0 Å². The van der Waals surface area contributed by atoms with E-state index in [2.05, 4.69) is 28.2 Å². The Kier molecular flexibility index (Phi) is 5.90. The molecule has 0 aliphatic rings. The van der Waals surface area contributed by atoms with Crippen LogP contribution in [0.1, 0.15) is 47.0 Å². The molecule has 0 saturated carbocycles. The molecule has 154 valence electrons. The van der Waals surface area contributed by atoms with Crippen LogP contribution in [0.25, 0.3) is 10.9 Å². The van der Waals surface area contributed by atoms with E-state index in [4.69, 9.17) is 0 Å². The minimum absolute atomic E-state index is 0.01000. The highest BCUT2D eigenvalue weighted by Crippen LogP contribution is 2.38. The molecule has 4 aromatic rings. The molecule has 2 aromatic carbocycles. The summed E-state index contributed by atoms with van der Waals surface area (Å²) >= 11 is 1.31. The van der Waals surface area contributed by atoms with Gasteiger partial charge in [-0.05, 0) is 24.0 Å². The van der Waals surface area contributed by atoms with Crippen LogP contribution in [0.3, 0.4) is 0 Å². The van der Waals surface area contributed by atoms with Crippen LogP contribution in [0.15, 0.2) is 64.7 Å². The van der Waals surface area contributed by atoms with Crippen molar-refractivity contribution in [2.45, 2.75) is 43.6 Å². The lowest BCUT2D eigenvalue weighted by Crippen LogP contribution is -2.18. The molecular weight excluding hydrogens is 396 g/mol. The molecule has 0 amide bonds. The zero-order chi connectivity index (χ0) is 21.1. The molecule has 0 radical (unpaired) electrons. The second-order valence-electron chi connectivity index (χ2n) is 7.13. The number of hydrogen-bond acceptors (Lipinski definition) is 4. The van der Waals surface area contributed by atoms with Gasteiger partial charge in [-0.2, -0.15) is 0 Å². The van der Waals surface area contributed by atoms with Crippen LogP contribution < -0.4 is 5.69 Å².